The summed E-state index contributed by atoms with van der Waals surface area (Å²) in [7, 11) is 0. The molecule has 0 saturated carbocycles. The predicted molar refractivity (Wildman–Crippen MR) is 30.8 cm³/mol. The Morgan fingerprint density at radius 3 is 2.25 bits per heavy atom. The summed E-state index contributed by atoms with van der Waals surface area (Å²) in [4.78, 5) is 0. The van der Waals surface area contributed by atoms with Gasteiger partial charge in [0, 0.05) is 0 Å². The maximum Gasteiger partial charge on any atom is 0.0701 e. The van der Waals surface area contributed by atoms with E-state index in [2.05, 4.69) is 15.7 Å². The van der Waals surface area contributed by atoms with E-state index >= 15 is 0 Å². The third-order valence-corrected chi connectivity index (χ3v) is 0.896. The first-order valence-electron chi connectivity index (χ1n) is 0.713. The summed E-state index contributed by atoms with van der Waals surface area (Å²) in [6.45, 7) is 0. The van der Waals surface area contributed by atoms with Gasteiger partial charge in [0.25, 0.3) is 0 Å². The van der Waals surface area contributed by atoms with Gasteiger partial charge in [0.05, 0.1) is 28.4 Å². The lowest BCUT2D eigenvalue weighted by molar-refractivity contribution is 1.77. The highest BCUT2D eigenvalue weighted by molar-refractivity contribution is 14.1. The van der Waals surface area contributed by atoms with E-state index in [4.69, 9.17) is 0 Å². The molecule has 0 aliphatic rings. The quantitative estimate of drug-likeness (QED) is 0.371. The van der Waals surface area contributed by atoms with Crippen LogP contribution >= 0.6 is 35.1 Å². The number of halogens is 1. The molecule has 1 N–H and O–H groups in total. The van der Waals surface area contributed by atoms with Gasteiger partial charge in [-0.05, 0) is 0 Å². The molecule has 0 fully saturated rings. The predicted octanol–water partition coefficient (Wildman–Crippen LogP) is 0.883. The van der Waals surface area contributed by atoms with E-state index in [0.717, 1.165) is 0 Å². The fourth-order valence-electron chi connectivity index (χ4n) is 0. The summed E-state index contributed by atoms with van der Waals surface area (Å²) >= 11 is 6.25. The molecule has 0 aromatic heterocycles. The molecule has 4 heavy (non-hydrogen) atoms. The largest absolute Gasteiger partial charge is 0.325 e. The Morgan fingerprint density at radius 1 is 2.00 bits per heavy atom. The van der Waals surface area contributed by atoms with Crippen molar-refractivity contribution in [2.45, 2.75) is 0 Å². The van der Waals surface area contributed by atoms with Gasteiger partial charge >= 0.3 is 0 Å². The van der Waals surface area contributed by atoms with Gasteiger partial charge in [0.2, 0.25) is 0 Å². The Balaban J connectivity index is 2.30. The van der Waals surface area contributed by atoms with Gasteiger partial charge in [-0.15, -0.1) is 0 Å². The van der Waals surface area contributed by atoms with Gasteiger partial charge in [-0.3, -0.25) is 0 Å². The fourth-order valence-corrected chi connectivity index (χ4v) is 0. The van der Waals surface area contributed by atoms with Gasteiger partial charge in [-0.1, -0.05) is 12.2 Å². The Hall–Kier alpha value is 0.620. The summed E-state index contributed by atoms with van der Waals surface area (Å²) < 4.78 is 2.59. The number of hydrogen-bond donors (Lipinski definition) is 1. The maximum absolute atomic E-state index is 4.31. The summed E-state index contributed by atoms with van der Waals surface area (Å²) in [6.07, 6.45) is 0. The molecule has 0 heterocycles. The molecule has 0 saturated heterocycles. The smallest absolute Gasteiger partial charge is 0.0701 e. The monoisotopic (exact) mass is 187 g/mol. The van der Waals surface area contributed by atoms with E-state index in [0.29, 0.717) is 0 Å². The second-order valence-corrected chi connectivity index (χ2v) is 1.09. The van der Waals surface area contributed by atoms with Crippen LogP contribution in [-0.2, 0) is 0 Å². The van der Waals surface area contributed by atoms with Crippen LogP contribution in [0.5, 0.6) is 0 Å². The van der Waals surface area contributed by atoms with Crippen LogP contribution in [0.15, 0.2) is 0 Å². The zero-order valence-electron chi connectivity index (χ0n) is 1.86. The first-order chi connectivity index (χ1) is 1.91. The molecule has 0 atom stereocenters. The first-order valence-corrected chi connectivity index (χ1v) is 2.26. The van der Waals surface area contributed by atoms with Gasteiger partial charge in [-0.2, -0.15) is 0 Å². The molecule has 1 nitrogen and oxygen atoms in total. The minimum Gasteiger partial charge on any atom is -0.325 e. The topological polar surface area (TPSA) is 12.0 Å². The molecule has 0 spiro atoms. The zero-order chi connectivity index (χ0) is 3.41. The minimum atomic E-state index is 1.44. The van der Waals surface area contributed by atoms with Gasteiger partial charge in [0.15, 0.2) is 0 Å². The lowest BCUT2D eigenvalue weighted by Crippen LogP contribution is -1.82. The van der Waals surface area contributed by atoms with Crippen molar-refractivity contribution in [3.63, 3.8) is 0 Å². The molecule has 0 aromatic carbocycles. The van der Waals surface area contributed by atoms with Gasteiger partial charge in [-0.25, -0.2) is 0 Å². The van der Waals surface area contributed by atoms with E-state index in [9.17, 15) is 0 Å². The third kappa shape index (κ3) is 2.62. The van der Waals surface area contributed by atoms with Crippen molar-refractivity contribution in [1.29, 1.82) is 0 Å². The second-order valence-electron chi connectivity index (χ2n) is 0.227. The van der Waals surface area contributed by atoms with E-state index < -0.39 is 0 Å². The van der Waals surface area contributed by atoms with Crippen LogP contribution in [0.2, 0.25) is 0 Å². The maximum atomic E-state index is 4.31. The number of hydrogen-bond acceptors (Lipinski definition) is 1. The summed E-state index contributed by atoms with van der Waals surface area (Å²) in [5.41, 5.74) is 1.44. The zero-order valence-corrected chi connectivity index (χ0v) is 4.84. The SMILES string of the molecule is S=CNI. The molecule has 0 amide bonds. The van der Waals surface area contributed by atoms with Gasteiger partial charge in [0.1, 0.15) is 0 Å². The van der Waals surface area contributed by atoms with Crippen molar-refractivity contribution in [3.8, 4) is 0 Å². The molecular weight excluding hydrogens is 185 g/mol. The Kier molecular flexibility index (Phi) is 4.18. The van der Waals surface area contributed by atoms with Crippen LogP contribution in [0.3, 0.4) is 0 Å². The van der Waals surface area contributed by atoms with E-state index in [1.165, 1.54) is 5.49 Å². The van der Waals surface area contributed by atoms with E-state index in [-0.39, 0.29) is 0 Å². The van der Waals surface area contributed by atoms with Crippen molar-refractivity contribution < 1.29 is 0 Å². The number of nitrogens with one attached hydrogen (secondary N) is 1. The summed E-state index contributed by atoms with van der Waals surface area (Å²) in [5.74, 6) is 0. The lowest BCUT2D eigenvalue weighted by Gasteiger charge is -1.64. The van der Waals surface area contributed by atoms with Crippen molar-refractivity contribution in [2.24, 2.45) is 0 Å². The number of rotatable bonds is 1. The Bertz CT molecular complexity index is 22.0. The molecule has 0 aliphatic heterocycles. The molecule has 0 unspecified atom stereocenters. The normalized spacial score (nSPS) is 5.25. The fraction of sp³-hybridized carbons (Fsp3) is 0. The van der Waals surface area contributed by atoms with Crippen molar-refractivity contribution in [1.82, 2.24) is 3.53 Å². The highest BCUT2D eigenvalue weighted by Gasteiger charge is 1.41. The second kappa shape index (κ2) is 3.62. The van der Waals surface area contributed by atoms with Crippen LogP contribution < -0.4 is 3.53 Å². The minimum absolute atomic E-state index is 1.44. The van der Waals surface area contributed by atoms with Crippen molar-refractivity contribution in [2.75, 3.05) is 0 Å². The van der Waals surface area contributed by atoms with Crippen molar-refractivity contribution >= 4 is 40.6 Å². The van der Waals surface area contributed by atoms with Crippen LogP contribution in [0, 0.1) is 0 Å². The first kappa shape index (κ1) is 4.62. The molecule has 0 aliphatic carbocycles. The van der Waals surface area contributed by atoms with Crippen LogP contribution in [0.25, 0.3) is 0 Å². The Morgan fingerprint density at radius 2 is 2.25 bits per heavy atom. The van der Waals surface area contributed by atoms with Crippen LogP contribution in [-0.4, -0.2) is 5.49 Å². The molecule has 0 radical (unpaired) electrons. The number of thiocarbonyl (C=S) groups is 1. The molecule has 0 aromatic rings. The average molecular weight is 187 g/mol. The molecule has 0 bridgehead atoms. The average Bonchev–Trinajstić information content (AvgIpc) is 1.37. The molecule has 3 heteroatoms. The molecule has 0 rings (SSSR count). The highest BCUT2D eigenvalue weighted by atomic mass is 127. The summed E-state index contributed by atoms with van der Waals surface area (Å²) in [6, 6.07) is 0. The molecular formula is CH2INS. The summed E-state index contributed by atoms with van der Waals surface area (Å²) in [5, 5.41) is 0. The van der Waals surface area contributed by atoms with Crippen LogP contribution in [0.1, 0.15) is 0 Å². The van der Waals surface area contributed by atoms with Crippen LogP contribution in [0.4, 0.5) is 0 Å². The Labute approximate surface area is 44.3 Å². The third-order valence-electron chi connectivity index (χ3n) is 0.0445. The molecule has 24 valence electrons. The van der Waals surface area contributed by atoms with E-state index in [1.807, 2.05) is 22.9 Å². The van der Waals surface area contributed by atoms with Gasteiger partial charge < -0.3 is 3.53 Å². The standard InChI is InChI=1S/CH2INS/c2-3-1-4/h1H,(H,3,4). The lowest BCUT2D eigenvalue weighted by atomic mass is 11.6. The van der Waals surface area contributed by atoms with E-state index in [1.54, 1.807) is 0 Å². The van der Waals surface area contributed by atoms with Crippen molar-refractivity contribution in [3.05, 3.63) is 0 Å². The highest BCUT2D eigenvalue weighted by Crippen LogP contribution is 1.56.